The predicted molar refractivity (Wildman–Crippen MR) is 135 cm³/mol. The highest BCUT2D eigenvalue weighted by Crippen LogP contribution is 2.42. The lowest BCUT2D eigenvalue weighted by molar-refractivity contribution is -0.160. The Bertz CT molecular complexity index is 1170. The van der Waals surface area contributed by atoms with Crippen molar-refractivity contribution in [3.8, 4) is 11.1 Å². The molecule has 3 aromatic rings. The fraction of sp³-hybridized carbons (Fsp3) is 0.481. The second-order valence-corrected chi connectivity index (χ2v) is 10.6. The molecule has 3 rings (SSSR count). The minimum Gasteiger partial charge on any atom is -0.479 e. The monoisotopic (exact) mass is 470 g/mol. The van der Waals surface area contributed by atoms with Crippen LogP contribution in [0.1, 0.15) is 69.7 Å². The number of hydrogen-bond acceptors (Lipinski definition) is 3. The van der Waals surface area contributed by atoms with Crippen LogP contribution in [0.15, 0.2) is 24.3 Å². The number of aryl methyl sites for hydroxylation is 3. The van der Waals surface area contributed by atoms with Gasteiger partial charge in [-0.05, 0) is 77.1 Å². The number of ether oxygens (including phenoxy) is 1. The van der Waals surface area contributed by atoms with E-state index in [2.05, 4.69) is 32.3 Å². The van der Waals surface area contributed by atoms with Gasteiger partial charge >= 0.3 is 5.97 Å². The van der Waals surface area contributed by atoms with Crippen molar-refractivity contribution in [2.45, 2.75) is 80.1 Å². The first-order valence-corrected chi connectivity index (χ1v) is 11.9. The van der Waals surface area contributed by atoms with E-state index in [1.807, 2.05) is 52.0 Å². The second-order valence-electron chi connectivity index (χ2n) is 10.2. The van der Waals surface area contributed by atoms with E-state index in [0.717, 1.165) is 46.4 Å². The summed E-state index contributed by atoms with van der Waals surface area (Å²) in [6.07, 6.45) is -0.112. The molecule has 0 aliphatic carbocycles. The van der Waals surface area contributed by atoms with Crippen LogP contribution in [0.25, 0.3) is 22.2 Å². The number of halogens is 1. The number of benzene rings is 1. The van der Waals surface area contributed by atoms with Gasteiger partial charge in [0.25, 0.3) is 0 Å². The fourth-order valence-corrected chi connectivity index (χ4v) is 4.41. The van der Waals surface area contributed by atoms with E-state index in [1.54, 1.807) is 0 Å². The Hall–Kier alpha value is -2.37. The van der Waals surface area contributed by atoms with E-state index in [-0.39, 0.29) is 0 Å². The molecular formula is C27H35ClN2O3. The standard InChI is InChI=1S/C27H35ClN2O3/c1-15(2)13-14-30-18(5)16(3)21-23(19-9-11-20(28)12-10-19)22(17(4)29-25(21)30)24(26(31)32)33-27(6,7)8/h9-12,15,24H,13-14H2,1-8H3,(H,31,32). The van der Waals surface area contributed by atoms with Gasteiger partial charge in [0.15, 0.2) is 6.10 Å². The topological polar surface area (TPSA) is 64.4 Å². The van der Waals surface area contributed by atoms with Gasteiger partial charge in [-0.2, -0.15) is 0 Å². The largest absolute Gasteiger partial charge is 0.479 e. The van der Waals surface area contributed by atoms with Crippen LogP contribution >= 0.6 is 11.6 Å². The highest BCUT2D eigenvalue weighted by molar-refractivity contribution is 6.30. The highest BCUT2D eigenvalue weighted by Gasteiger charge is 2.33. The molecule has 6 heteroatoms. The van der Waals surface area contributed by atoms with Crippen LogP contribution in [-0.2, 0) is 16.1 Å². The number of aliphatic carboxylic acids is 1. The van der Waals surface area contributed by atoms with Gasteiger partial charge in [-0.3, -0.25) is 0 Å². The Morgan fingerprint density at radius 2 is 1.76 bits per heavy atom. The van der Waals surface area contributed by atoms with Crippen LogP contribution in [-0.4, -0.2) is 26.2 Å². The first-order chi connectivity index (χ1) is 15.3. The lowest BCUT2D eigenvalue weighted by atomic mass is 9.91. The molecule has 1 N–H and O–H groups in total. The summed E-state index contributed by atoms with van der Waals surface area (Å²) in [6.45, 7) is 17.0. The van der Waals surface area contributed by atoms with Gasteiger partial charge in [0, 0.05) is 39.5 Å². The Kier molecular flexibility index (Phi) is 7.25. The zero-order valence-corrected chi connectivity index (χ0v) is 21.7. The number of hydrogen-bond donors (Lipinski definition) is 1. The molecule has 0 radical (unpaired) electrons. The van der Waals surface area contributed by atoms with Crippen LogP contribution in [0.5, 0.6) is 0 Å². The number of rotatable bonds is 7. The summed E-state index contributed by atoms with van der Waals surface area (Å²) < 4.78 is 8.35. The van der Waals surface area contributed by atoms with E-state index in [1.165, 1.54) is 0 Å². The number of fused-ring (bicyclic) bond motifs is 1. The summed E-state index contributed by atoms with van der Waals surface area (Å²) in [4.78, 5) is 17.4. The minimum absolute atomic E-state index is 0.565. The third-order valence-corrected chi connectivity index (χ3v) is 6.26. The smallest absolute Gasteiger partial charge is 0.337 e. The first-order valence-electron chi connectivity index (χ1n) is 11.5. The maximum Gasteiger partial charge on any atom is 0.337 e. The quantitative estimate of drug-likeness (QED) is 0.394. The summed E-state index contributed by atoms with van der Waals surface area (Å²) in [5.74, 6) is -0.465. The maximum absolute atomic E-state index is 12.5. The number of carbonyl (C=O) groups is 1. The van der Waals surface area contributed by atoms with Crippen LogP contribution in [0.4, 0.5) is 0 Å². The lowest BCUT2D eigenvalue weighted by Gasteiger charge is -2.28. The molecule has 1 aromatic carbocycles. The van der Waals surface area contributed by atoms with Gasteiger partial charge < -0.3 is 14.4 Å². The molecule has 0 amide bonds. The minimum atomic E-state index is -1.15. The summed E-state index contributed by atoms with van der Waals surface area (Å²) in [6, 6.07) is 7.55. The zero-order chi connectivity index (χ0) is 24.7. The van der Waals surface area contributed by atoms with E-state index in [4.69, 9.17) is 21.3 Å². The molecule has 0 spiro atoms. The highest BCUT2D eigenvalue weighted by atomic mass is 35.5. The van der Waals surface area contributed by atoms with E-state index < -0.39 is 17.7 Å². The lowest BCUT2D eigenvalue weighted by Crippen LogP contribution is -2.28. The number of carboxylic acids is 1. The molecule has 0 aliphatic rings. The summed E-state index contributed by atoms with van der Waals surface area (Å²) in [5, 5.41) is 11.8. The van der Waals surface area contributed by atoms with Crippen LogP contribution < -0.4 is 0 Å². The summed E-state index contributed by atoms with van der Waals surface area (Å²) >= 11 is 6.18. The molecule has 2 heterocycles. The van der Waals surface area contributed by atoms with Crippen molar-refractivity contribution in [1.29, 1.82) is 0 Å². The van der Waals surface area contributed by atoms with Gasteiger partial charge in [-0.1, -0.05) is 37.6 Å². The molecule has 2 aromatic heterocycles. The van der Waals surface area contributed by atoms with Gasteiger partial charge in [0.05, 0.1) is 5.60 Å². The van der Waals surface area contributed by atoms with E-state index in [9.17, 15) is 9.90 Å². The van der Waals surface area contributed by atoms with Crippen molar-refractivity contribution in [3.05, 3.63) is 51.8 Å². The zero-order valence-electron chi connectivity index (χ0n) is 20.9. The van der Waals surface area contributed by atoms with E-state index in [0.29, 0.717) is 22.2 Å². The average Bonchev–Trinajstić information content (AvgIpc) is 2.93. The van der Waals surface area contributed by atoms with Crippen LogP contribution in [0.2, 0.25) is 5.02 Å². The average molecular weight is 471 g/mol. The Balaban J connectivity index is 2.43. The molecule has 0 fully saturated rings. The molecule has 178 valence electrons. The number of aromatic nitrogens is 2. The molecule has 1 unspecified atom stereocenters. The summed E-state index contributed by atoms with van der Waals surface area (Å²) in [7, 11) is 0. The molecule has 0 bridgehead atoms. The fourth-order valence-electron chi connectivity index (χ4n) is 4.28. The maximum atomic E-state index is 12.5. The van der Waals surface area contributed by atoms with Crippen molar-refractivity contribution >= 4 is 28.6 Å². The first kappa shape index (κ1) is 25.3. The van der Waals surface area contributed by atoms with E-state index >= 15 is 0 Å². The second kappa shape index (κ2) is 9.47. The Labute approximate surface area is 201 Å². The predicted octanol–water partition coefficient (Wildman–Crippen LogP) is 7.27. The van der Waals surface area contributed by atoms with Crippen LogP contribution in [0.3, 0.4) is 0 Å². The number of carboxylic acid groups (broad SMARTS) is 1. The van der Waals surface area contributed by atoms with Gasteiger partial charge in [0.1, 0.15) is 5.65 Å². The van der Waals surface area contributed by atoms with Crippen molar-refractivity contribution in [1.82, 2.24) is 9.55 Å². The van der Waals surface area contributed by atoms with Gasteiger partial charge in [-0.25, -0.2) is 9.78 Å². The van der Waals surface area contributed by atoms with Crippen molar-refractivity contribution in [2.75, 3.05) is 0 Å². The number of pyridine rings is 1. The molecule has 1 atom stereocenters. The van der Waals surface area contributed by atoms with Gasteiger partial charge in [-0.15, -0.1) is 0 Å². The SMILES string of the molecule is Cc1nc2c(c(C)c(C)n2CCC(C)C)c(-c2ccc(Cl)cc2)c1C(OC(C)(C)C)C(=O)O. The molecule has 0 saturated carbocycles. The van der Waals surface area contributed by atoms with Crippen molar-refractivity contribution < 1.29 is 14.6 Å². The van der Waals surface area contributed by atoms with Crippen LogP contribution in [0, 0.1) is 26.7 Å². The third-order valence-electron chi connectivity index (χ3n) is 6.01. The van der Waals surface area contributed by atoms with Crippen molar-refractivity contribution in [3.63, 3.8) is 0 Å². The number of nitrogens with zero attached hydrogens (tertiary/aromatic N) is 2. The Morgan fingerprint density at radius 1 is 1.15 bits per heavy atom. The molecule has 0 saturated heterocycles. The molecular weight excluding hydrogens is 436 g/mol. The normalized spacial score (nSPS) is 13.2. The van der Waals surface area contributed by atoms with Crippen molar-refractivity contribution in [2.24, 2.45) is 5.92 Å². The molecule has 0 aliphatic heterocycles. The summed E-state index contributed by atoms with van der Waals surface area (Å²) in [5.41, 5.74) is 5.50. The Morgan fingerprint density at radius 3 is 2.27 bits per heavy atom. The van der Waals surface area contributed by atoms with Gasteiger partial charge in [0.2, 0.25) is 0 Å². The molecule has 33 heavy (non-hydrogen) atoms. The third kappa shape index (κ3) is 5.25. The molecule has 5 nitrogen and oxygen atoms in total.